The summed E-state index contributed by atoms with van der Waals surface area (Å²) in [5, 5.41) is 3.10. The van der Waals surface area contributed by atoms with Crippen molar-refractivity contribution in [2.24, 2.45) is 0 Å². The van der Waals surface area contributed by atoms with E-state index in [-0.39, 0.29) is 11.8 Å². The Bertz CT molecular complexity index is 1030. The summed E-state index contributed by atoms with van der Waals surface area (Å²) >= 11 is 0. The molecular weight excluding hydrogens is 324 g/mol. The molecule has 0 bridgehead atoms. The van der Waals surface area contributed by atoms with E-state index in [0.717, 1.165) is 28.1 Å². The number of hydrazine groups is 1. The average Bonchev–Trinajstić information content (AvgIpc) is 3.15. The summed E-state index contributed by atoms with van der Waals surface area (Å²) in [5.41, 5.74) is 4.38. The molecule has 4 nitrogen and oxygen atoms in total. The molecule has 0 aromatic heterocycles. The number of nitrogens with zero attached hydrogens (tertiary/aromatic N) is 2. The van der Waals surface area contributed by atoms with Crippen LogP contribution >= 0.6 is 0 Å². The number of hydrogen-bond acceptors (Lipinski definition) is 2. The van der Waals surface area contributed by atoms with Crippen LogP contribution in [0.5, 0.6) is 0 Å². The largest absolute Gasteiger partial charge is 0.272 e. The molecule has 0 radical (unpaired) electrons. The van der Waals surface area contributed by atoms with Gasteiger partial charge < -0.3 is 0 Å². The van der Waals surface area contributed by atoms with Crippen molar-refractivity contribution in [2.75, 3.05) is 10.0 Å². The fraction of sp³-hybridized carbons (Fsp3) is 0.0909. The molecule has 3 aromatic rings. The highest BCUT2D eigenvalue weighted by molar-refractivity contribution is 6.16. The topological polar surface area (TPSA) is 40.6 Å². The molecular formula is C22H16N2O2. The van der Waals surface area contributed by atoms with Crippen molar-refractivity contribution in [3.63, 3.8) is 0 Å². The van der Waals surface area contributed by atoms with Crippen LogP contribution in [0.4, 0.5) is 11.4 Å². The number of para-hydroxylation sites is 2. The first-order chi connectivity index (χ1) is 12.8. The Balaban J connectivity index is 1.67. The second-order valence-corrected chi connectivity index (χ2v) is 6.56. The highest BCUT2D eigenvalue weighted by Crippen LogP contribution is 2.44. The average molecular weight is 340 g/mol. The van der Waals surface area contributed by atoms with Crippen molar-refractivity contribution in [2.45, 2.75) is 12.3 Å². The number of anilines is 2. The van der Waals surface area contributed by atoms with Gasteiger partial charge in [0.25, 0.3) is 11.8 Å². The summed E-state index contributed by atoms with van der Waals surface area (Å²) in [6.45, 7) is 0. The third-order valence-corrected chi connectivity index (χ3v) is 5.06. The predicted molar refractivity (Wildman–Crippen MR) is 99.8 cm³/mol. The van der Waals surface area contributed by atoms with Crippen molar-refractivity contribution < 1.29 is 9.59 Å². The van der Waals surface area contributed by atoms with E-state index < -0.39 is 5.92 Å². The molecule has 3 aromatic carbocycles. The number of carbonyl (C=O) groups excluding carboxylic acids is 2. The number of fused-ring (bicyclic) bond motifs is 2. The summed E-state index contributed by atoms with van der Waals surface area (Å²) in [6, 6.07) is 25.1. The summed E-state index contributed by atoms with van der Waals surface area (Å²) in [7, 11) is 0. The summed E-state index contributed by atoms with van der Waals surface area (Å²) in [4.78, 5) is 26.2. The lowest BCUT2D eigenvalue weighted by Gasteiger charge is -2.29. The van der Waals surface area contributed by atoms with Gasteiger partial charge in [-0.25, -0.2) is 10.0 Å². The van der Waals surface area contributed by atoms with Crippen molar-refractivity contribution in [1.82, 2.24) is 0 Å². The lowest BCUT2D eigenvalue weighted by Crippen LogP contribution is -2.47. The monoisotopic (exact) mass is 340 g/mol. The van der Waals surface area contributed by atoms with Crippen LogP contribution in [-0.4, -0.2) is 11.8 Å². The van der Waals surface area contributed by atoms with Crippen molar-refractivity contribution in [1.29, 1.82) is 0 Å². The first-order valence-electron chi connectivity index (χ1n) is 8.64. The van der Waals surface area contributed by atoms with Crippen LogP contribution in [0.1, 0.15) is 22.6 Å². The first-order valence-corrected chi connectivity index (χ1v) is 8.64. The van der Waals surface area contributed by atoms with Gasteiger partial charge in [-0.05, 0) is 28.8 Å². The quantitative estimate of drug-likeness (QED) is 0.714. The number of carbonyl (C=O) groups is 2. The summed E-state index contributed by atoms with van der Waals surface area (Å²) in [5.74, 6) is -0.571. The number of rotatable bonds is 2. The van der Waals surface area contributed by atoms with Gasteiger partial charge in [0.15, 0.2) is 0 Å². The SMILES string of the molecule is O=C1Cc2ccccc2N1N1C(=O)C(c2ccccc2)c2ccccc21. The van der Waals surface area contributed by atoms with Crippen LogP contribution < -0.4 is 10.0 Å². The highest BCUT2D eigenvalue weighted by atomic mass is 16.2. The molecule has 0 saturated heterocycles. The van der Waals surface area contributed by atoms with Gasteiger partial charge in [-0.15, -0.1) is 0 Å². The Morgan fingerprint density at radius 3 is 2.15 bits per heavy atom. The molecule has 5 rings (SSSR count). The Kier molecular flexibility index (Phi) is 3.19. The van der Waals surface area contributed by atoms with Gasteiger partial charge in [0.1, 0.15) is 0 Å². The Morgan fingerprint density at radius 1 is 0.692 bits per heavy atom. The van der Waals surface area contributed by atoms with Crippen molar-refractivity contribution in [3.05, 3.63) is 95.6 Å². The van der Waals surface area contributed by atoms with Crippen LogP contribution in [0.3, 0.4) is 0 Å². The molecule has 2 aliphatic rings. The van der Waals surface area contributed by atoms with Crippen molar-refractivity contribution >= 4 is 23.2 Å². The molecule has 0 saturated carbocycles. The maximum Gasteiger partial charge on any atom is 0.258 e. The van der Waals surface area contributed by atoms with Gasteiger partial charge in [0.05, 0.1) is 23.7 Å². The smallest absolute Gasteiger partial charge is 0.258 e. The van der Waals surface area contributed by atoms with Gasteiger partial charge in [-0.2, -0.15) is 0 Å². The number of hydrogen-bond donors (Lipinski definition) is 0. The van der Waals surface area contributed by atoms with E-state index in [1.165, 1.54) is 0 Å². The Labute approximate surface area is 151 Å². The molecule has 26 heavy (non-hydrogen) atoms. The summed E-state index contributed by atoms with van der Waals surface area (Å²) in [6.07, 6.45) is 0.318. The van der Waals surface area contributed by atoms with E-state index in [4.69, 9.17) is 0 Å². The maximum absolute atomic E-state index is 13.4. The van der Waals surface area contributed by atoms with E-state index in [9.17, 15) is 9.59 Å². The van der Waals surface area contributed by atoms with E-state index >= 15 is 0 Å². The van der Waals surface area contributed by atoms with Gasteiger partial charge >= 0.3 is 0 Å². The Hall–Kier alpha value is -3.40. The molecule has 2 aliphatic heterocycles. The minimum absolute atomic E-state index is 0.0805. The lowest BCUT2D eigenvalue weighted by molar-refractivity contribution is -0.122. The van der Waals surface area contributed by atoms with Crippen molar-refractivity contribution in [3.8, 4) is 0 Å². The maximum atomic E-state index is 13.4. The number of benzene rings is 3. The molecule has 0 N–H and O–H groups in total. The normalized spacial score (nSPS) is 18.2. The van der Waals surface area contributed by atoms with E-state index in [0.29, 0.717) is 6.42 Å². The zero-order valence-corrected chi connectivity index (χ0v) is 14.0. The second kappa shape index (κ2) is 5.56. The molecule has 1 atom stereocenters. The predicted octanol–water partition coefficient (Wildman–Crippen LogP) is 3.67. The minimum Gasteiger partial charge on any atom is -0.272 e. The molecule has 126 valence electrons. The van der Waals surface area contributed by atoms with E-state index in [1.54, 1.807) is 10.0 Å². The van der Waals surface area contributed by atoms with Gasteiger partial charge in [0.2, 0.25) is 0 Å². The zero-order valence-electron chi connectivity index (χ0n) is 14.0. The fourth-order valence-corrected chi connectivity index (χ4v) is 3.93. The third kappa shape index (κ3) is 2.02. The van der Waals surface area contributed by atoms with Gasteiger partial charge in [0, 0.05) is 0 Å². The van der Waals surface area contributed by atoms with Gasteiger partial charge in [-0.1, -0.05) is 66.7 Å². The lowest BCUT2D eigenvalue weighted by atomic mass is 9.93. The molecule has 0 aliphatic carbocycles. The Morgan fingerprint density at radius 2 is 1.35 bits per heavy atom. The zero-order chi connectivity index (χ0) is 17.7. The first kappa shape index (κ1) is 14.9. The molecule has 4 heteroatoms. The third-order valence-electron chi connectivity index (χ3n) is 5.06. The molecule has 0 spiro atoms. The molecule has 2 amide bonds. The molecule has 0 fully saturated rings. The van der Waals surface area contributed by atoms with Crippen LogP contribution in [-0.2, 0) is 16.0 Å². The highest BCUT2D eigenvalue weighted by Gasteiger charge is 2.45. The second-order valence-electron chi connectivity index (χ2n) is 6.56. The van der Waals surface area contributed by atoms with Crippen LogP contribution in [0, 0.1) is 0 Å². The fourth-order valence-electron chi connectivity index (χ4n) is 3.93. The van der Waals surface area contributed by atoms with Crippen LogP contribution in [0.25, 0.3) is 0 Å². The number of amides is 2. The molecule has 2 heterocycles. The summed E-state index contributed by atoms with van der Waals surface area (Å²) < 4.78 is 0. The van der Waals surface area contributed by atoms with Crippen LogP contribution in [0.2, 0.25) is 0 Å². The van der Waals surface area contributed by atoms with E-state index in [2.05, 4.69) is 0 Å². The van der Waals surface area contributed by atoms with Gasteiger partial charge in [-0.3, -0.25) is 9.59 Å². The minimum atomic E-state index is -0.395. The van der Waals surface area contributed by atoms with Crippen LogP contribution in [0.15, 0.2) is 78.9 Å². The molecule has 1 unspecified atom stereocenters. The standard InChI is InChI=1S/C22H16N2O2/c25-20-14-16-10-4-6-12-18(16)23(20)24-19-13-7-5-11-17(19)21(22(24)26)15-8-2-1-3-9-15/h1-13,21H,14H2. The van der Waals surface area contributed by atoms with E-state index in [1.807, 2.05) is 78.9 Å².